The van der Waals surface area contributed by atoms with Crippen LogP contribution in [0.1, 0.15) is 33.1 Å². The van der Waals surface area contributed by atoms with Crippen LogP contribution in [0.3, 0.4) is 0 Å². The number of esters is 1. The van der Waals surface area contributed by atoms with E-state index in [1.807, 2.05) is 37.3 Å². The van der Waals surface area contributed by atoms with E-state index in [9.17, 15) is 4.79 Å². The lowest BCUT2D eigenvalue weighted by Gasteiger charge is -2.03. The van der Waals surface area contributed by atoms with Crippen molar-refractivity contribution >= 4 is 17.4 Å². The SMILES string of the molecule is CCCCOC(=O)C/C(C)=N\c1ccccc1. The van der Waals surface area contributed by atoms with Gasteiger partial charge in [0.2, 0.25) is 0 Å². The molecule has 0 aliphatic carbocycles. The summed E-state index contributed by atoms with van der Waals surface area (Å²) in [4.78, 5) is 15.8. The Hall–Kier alpha value is -1.64. The van der Waals surface area contributed by atoms with Gasteiger partial charge in [-0.1, -0.05) is 31.5 Å². The van der Waals surface area contributed by atoms with Gasteiger partial charge in [-0.3, -0.25) is 9.79 Å². The molecule has 3 heteroatoms. The van der Waals surface area contributed by atoms with E-state index in [0.717, 1.165) is 24.2 Å². The molecule has 1 rings (SSSR count). The second-order valence-corrected chi connectivity index (χ2v) is 3.93. The zero-order valence-electron chi connectivity index (χ0n) is 10.5. The predicted octanol–water partition coefficient (Wildman–Crippen LogP) is 3.51. The molecule has 1 aromatic rings. The molecule has 3 nitrogen and oxygen atoms in total. The molecule has 0 heterocycles. The normalized spacial score (nSPS) is 11.3. The number of rotatable bonds is 6. The molecule has 0 atom stereocenters. The first-order valence-electron chi connectivity index (χ1n) is 5.97. The first-order valence-corrected chi connectivity index (χ1v) is 5.97. The number of unbranched alkanes of at least 4 members (excludes halogenated alkanes) is 1. The van der Waals surface area contributed by atoms with Gasteiger partial charge in [0.15, 0.2) is 0 Å². The van der Waals surface area contributed by atoms with E-state index < -0.39 is 0 Å². The molecule has 0 aliphatic rings. The summed E-state index contributed by atoms with van der Waals surface area (Å²) in [5.41, 5.74) is 1.64. The summed E-state index contributed by atoms with van der Waals surface area (Å²) < 4.78 is 5.07. The fourth-order valence-corrected chi connectivity index (χ4v) is 1.35. The highest BCUT2D eigenvalue weighted by molar-refractivity contribution is 5.98. The molecular formula is C14H19NO2. The topological polar surface area (TPSA) is 38.7 Å². The molecular weight excluding hydrogens is 214 g/mol. The van der Waals surface area contributed by atoms with Gasteiger partial charge in [-0.05, 0) is 25.5 Å². The number of carbonyl (C=O) groups excluding carboxylic acids is 1. The predicted molar refractivity (Wildman–Crippen MR) is 69.7 cm³/mol. The van der Waals surface area contributed by atoms with Crippen molar-refractivity contribution in [2.45, 2.75) is 33.1 Å². The molecule has 0 saturated heterocycles. The van der Waals surface area contributed by atoms with Crippen LogP contribution in [-0.4, -0.2) is 18.3 Å². The summed E-state index contributed by atoms with van der Waals surface area (Å²) in [6, 6.07) is 9.60. The van der Waals surface area contributed by atoms with E-state index in [1.54, 1.807) is 0 Å². The van der Waals surface area contributed by atoms with Crippen LogP contribution >= 0.6 is 0 Å². The van der Waals surface area contributed by atoms with Gasteiger partial charge in [0, 0.05) is 5.71 Å². The standard InChI is InChI=1S/C14H19NO2/c1-3-4-10-17-14(16)11-12(2)15-13-8-6-5-7-9-13/h5-9H,3-4,10-11H2,1-2H3/b15-12-. The van der Waals surface area contributed by atoms with Crippen molar-refractivity contribution < 1.29 is 9.53 Å². The summed E-state index contributed by atoms with van der Waals surface area (Å²) in [7, 11) is 0. The highest BCUT2D eigenvalue weighted by atomic mass is 16.5. The van der Waals surface area contributed by atoms with Gasteiger partial charge in [0.05, 0.1) is 18.7 Å². The molecule has 0 unspecified atom stereocenters. The van der Waals surface area contributed by atoms with Crippen LogP contribution in [0.2, 0.25) is 0 Å². The molecule has 0 spiro atoms. The van der Waals surface area contributed by atoms with Gasteiger partial charge in [0.1, 0.15) is 0 Å². The van der Waals surface area contributed by atoms with Crippen molar-refractivity contribution in [3.05, 3.63) is 30.3 Å². The van der Waals surface area contributed by atoms with Crippen LogP contribution in [0.5, 0.6) is 0 Å². The average molecular weight is 233 g/mol. The number of benzene rings is 1. The minimum absolute atomic E-state index is 0.198. The maximum Gasteiger partial charge on any atom is 0.311 e. The number of para-hydroxylation sites is 1. The second-order valence-electron chi connectivity index (χ2n) is 3.93. The number of carbonyl (C=O) groups is 1. The third kappa shape index (κ3) is 5.85. The third-order valence-electron chi connectivity index (χ3n) is 2.24. The zero-order valence-corrected chi connectivity index (χ0v) is 10.5. The Morgan fingerprint density at radius 3 is 2.65 bits per heavy atom. The van der Waals surface area contributed by atoms with Gasteiger partial charge >= 0.3 is 5.97 Å². The van der Waals surface area contributed by atoms with Gasteiger partial charge in [-0.25, -0.2) is 0 Å². The van der Waals surface area contributed by atoms with Crippen LogP contribution in [-0.2, 0) is 9.53 Å². The lowest BCUT2D eigenvalue weighted by molar-refractivity contribution is -0.142. The Morgan fingerprint density at radius 2 is 2.00 bits per heavy atom. The van der Waals surface area contributed by atoms with Crippen LogP contribution in [0.25, 0.3) is 0 Å². The van der Waals surface area contributed by atoms with E-state index in [0.29, 0.717) is 6.61 Å². The highest BCUT2D eigenvalue weighted by Crippen LogP contribution is 2.11. The molecule has 0 aliphatic heterocycles. The molecule has 92 valence electrons. The van der Waals surface area contributed by atoms with E-state index in [-0.39, 0.29) is 12.4 Å². The van der Waals surface area contributed by atoms with Crippen LogP contribution in [0.4, 0.5) is 5.69 Å². The average Bonchev–Trinajstić information content (AvgIpc) is 2.30. The summed E-state index contributed by atoms with van der Waals surface area (Å²) in [6.07, 6.45) is 2.21. The quantitative estimate of drug-likeness (QED) is 0.428. The summed E-state index contributed by atoms with van der Waals surface area (Å²) in [5.74, 6) is -0.198. The Labute approximate surface area is 103 Å². The van der Waals surface area contributed by atoms with Crippen molar-refractivity contribution in [1.29, 1.82) is 0 Å². The number of hydrogen-bond acceptors (Lipinski definition) is 3. The molecule has 0 radical (unpaired) electrons. The maximum atomic E-state index is 11.4. The van der Waals surface area contributed by atoms with Crippen molar-refractivity contribution in [2.75, 3.05) is 6.61 Å². The van der Waals surface area contributed by atoms with Crippen molar-refractivity contribution in [3.8, 4) is 0 Å². The monoisotopic (exact) mass is 233 g/mol. The minimum Gasteiger partial charge on any atom is -0.465 e. The number of ether oxygens (including phenoxy) is 1. The molecule has 0 fully saturated rings. The first-order chi connectivity index (χ1) is 8.22. The largest absolute Gasteiger partial charge is 0.465 e. The fraction of sp³-hybridized carbons (Fsp3) is 0.429. The van der Waals surface area contributed by atoms with Crippen LogP contribution < -0.4 is 0 Å². The lowest BCUT2D eigenvalue weighted by atomic mass is 10.3. The number of nitrogens with zero attached hydrogens (tertiary/aromatic N) is 1. The Bertz CT molecular complexity index is 371. The summed E-state index contributed by atoms with van der Waals surface area (Å²) >= 11 is 0. The minimum atomic E-state index is -0.198. The molecule has 1 aromatic carbocycles. The van der Waals surface area contributed by atoms with E-state index in [2.05, 4.69) is 11.9 Å². The second kappa shape index (κ2) is 7.60. The highest BCUT2D eigenvalue weighted by Gasteiger charge is 2.04. The smallest absolute Gasteiger partial charge is 0.311 e. The lowest BCUT2D eigenvalue weighted by Crippen LogP contribution is -2.09. The Morgan fingerprint density at radius 1 is 1.29 bits per heavy atom. The Kier molecular flexibility index (Phi) is 6.00. The molecule has 0 N–H and O–H groups in total. The van der Waals surface area contributed by atoms with Gasteiger partial charge < -0.3 is 4.74 Å². The molecule has 0 amide bonds. The van der Waals surface area contributed by atoms with Gasteiger partial charge in [0.25, 0.3) is 0 Å². The van der Waals surface area contributed by atoms with Gasteiger partial charge in [-0.2, -0.15) is 0 Å². The molecule has 17 heavy (non-hydrogen) atoms. The maximum absolute atomic E-state index is 11.4. The summed E-state index contributed by atoms with van der Waals surface area (Å²) in [6.45, 7) is 4.41. The zero-order chi connectivity index (χ0) is 12.5. The summed E-state index contributed by atoms with van der Waals surface area (Å²) in [5, 5.41) is 0. The van der Waals surface area contributed by atoms with E-state index >= 15 is 0 Å². The Balaban J connectivity index is 2.41. The fourth-order valence-electron chi connectivity index (χ4n) is 1.35. The van der Waals surface area contributed by atoms with E-state index in [4.69, 9.17) is 4.74 Å². The third-order valence-corrected chi connectivity index (χ3v) is 2.24. The van der Waals surface area contributed by atoms with Crippen molar-refractivity contribution in [3.63, 3.8) is 0 Å². The van der Waals surface area contributed by atoms with Crippen molar-refractivity contribution in [2.24, 2.45) is 4.99 Å². The molecule has 0 saturated carbocycles. The van der Waals surface area contributed by atoms with Crippen LogP contribution in [0.15, 0.2) is 35.3 Å². The van der Waals surface area contributed by atoms with E-state index in [1.165, 1.54) is 0 Å². The van der Waals surface area contributed by atoms with Gasteiger partial charge in [-0.15, -0.1) is 0 Å². The van der Waals surface area contributed by atoms with Crippen LogP contribution in [0, 0.1) is 0 Å². The number of aliphatic imine (C=N–C) groups is 1. The number of hydrogen-bond donors (Lipinski definition) is 0. The van der Waals surface area contributed by atoms with Crippen molar-refractivity contribution in [1.82, 2.24) is 0 Å². The first kappa shape index (κ1) is 13.4. The molecule has 0 bridgehead atoms. The molecule has 0 aromatic heterocycles.